The number of halogens is 1. The first-order chi connectivity index (χ1) is 9.86. The van der Waals surface area contributed by atoms with Crippen molar-refractivity contribution in [3.05, 3.63) is 47.1 Å². The number of hydrogen-bond donors (Lipinski definition) is 3. The van der Waals surface area contributed by atoms with Crippen molar-refractivity contribution in [2.24, 2.45) is 5.14 Å². The van der Waals surface area contributed by atoms with Crippen LogP contribution in [0, 0.1) is 5.82 Å². The third kappa shape index (κ3) is 4.25. The first kappa shape index (κ1) is 15.4. The number of nitrogens with two attached hydrogens (primary N) is 1. The number of nitrogens with one attached hydrogen (secondary N) is 2. The van der Waals surface area contributed by atoms with Crippen molar-refractivity contribution in [2.75, 3.05) is 5.32 Å². The monoisotopic (exact) mass is 329 g/mol. The van der Waals surface area contributed by atoms with Gasteiger partial charge in [-0.3, -0.25) is 0 Å². The van der Waals surface area contributed by atoms with Gasteiger partial charge in [0, 0.05) is 4.88 Å². The summed E-state index contributed by atoms with van der Waals surface area (Å²) in [6.45, 7) is 0.112. The minimum absolute atomic E-state index is 0.0220. The maximum atomic E-state index is 13.3. The maximum Gasteiger partial charge on any atom is 0.319 e. The molecule has 0 spiro atoms. The summed E-state index contributed by atoms with van der Waals surface area (Å²) in [5, 5.41) is 9.84. The SMILES string of the molecule is NS(=O)(=O)c1ccc(CNC(=O)Nc2ccccc2F)s1. The van der Waals surface area contributed by atoms with Gasteiger partial charge in [0.25, 0.3) is 0 Å². The fourth-order valence-corrected chi connectivity index (χ4v) is 3.22. The lowest BCUT2D eigenvalue weighted by Gasteiger charge is -2.07. The van der Waals surface area contributed by atoms with Crippen LogP contribution in [0.2, 0.25) is 0 Å². The summed E-state index contributed by atoms with van der Waals surface area (Å²) in [6, 6.07) is 8.09. The molecular formula is C12H12FN3O3S2. The molecular weight excluding hydrogens is 317 g/mol. The predicted octanol–water partition coefficient (Wildman–Crippen LogP) is 1.86. The summed E-state index contributed by atoms with van der Waals surface area (Å²) in [7, 11) is -3.73. The van der Waals surface area contributed by atoms with Crippen LogP contribution in [0.15, 0.2) is 40.6 Å². The van der Waals surface area contributed by atoms with Crippen molar-refractivity contribution in [1.82, 2.24) is 5.32 Å². The lowest BCUT2D eigenvalue weighted by Crippen LogP contribution is -2.28. The van der Waals surface area contributed by atoms with Crippen LogP contribution in [0.1, 0.15) is 4.88 Å². The van der Waals surface area contributed by atoms with Gasteiger partial charge in [0.1, 0.15) is 10.0 Å². The molecule has 0 saturated carbocycles. The zero-order valence-electron chi connectivity index (χ0n) is 10.7. The molecule has 2 amide bonds. The standard InChI is InChI=1S/C12H12FN3O3S2/c13-9-3-1-2-4-10(9)16-12(17)15-7-8-5-6-11(20-8)21(14,18)19/h1-6H,7H2,(H2,14,18,19)(H2,15,16,17). The number of hydrogen-bond acceptors (Lipinski definition) is 4. The number of urea groups is 1. The molecule has 1 heterocycles. The minimum atomic E-state index is -3.73. The summed E-state index contributed by atoms with van der Waals surface area (Å²) >= 11 is 0.962. The van der Waals surface area contributed by atoms with Gasteiger partial charge in [0.05, 0.1) is 12.2 Å². The minimum Gasteiger partial charge on any atom is -0.333 e. The number of anilines is 1. The molecule has 0 aliphatic heterocycles. The van der Waals surface area contributed by atoms with E-state index in [4.69, 9.17) is 5.14 Å². The van der Waals surface area contributed by atoms with Gasteiger partial charge in [-0.15, -0.1) is 11.3 Å². The Morgan fingerprint density at radius 1 is 1.24 bits per heavy atom. The van der Waals surface area contributed by atoms with Crippen LogP contribution in [-0.2, 0) is 16.6 Å². The van der Waals surface area contributed by atoms with Gasteiger partial charge in [0.15, 0.2) is 0 Å². The normalized spacial score (nSPS) is 11.1. The lowest BCUT2D eigenvalue weighted by atomic mass is 10.3. The Morgan fingerprint density at radius 2 is 1.95 bits per heavy atom. The number of thiophene rings is 1. The molecule has 0 atom stereocenters. The summed E-state index contributed by atoms with van der Waals surface area (Å²) < 4.78 is 35.6. The largest absolute Gasteiger partial charge is 0.333 e. The highest BCUT2D eigenvalue weighted by atomic mass is 32.2. The van der Waals surface area contributed by atoms with Crippen molar-refractivity contribution in [3.8, 4) is 0 Å². The van der Waals surface area contributed by atoms with Gasteiger partial charge in [-0.2, -0.15) is 0 Å². The van der Waals surface area contributed by atoms with Gasteiger partial charge in [0.2, 0.25) is 10.0 Å². The molecule has 0 aliphatic carbocycles. The molecule has 1 aromatic heterocycles. The Labute approximate surface area is 124 Å². The van der Waals surface area contributed by atoms with E-state index < -0.39 is 21.9 Å². The highest BCUT2D eigenvalue weighted by Crippen LogP contribution is 2.20. The molecule has 4 N–H and O–H groups in total. The second-order valence-electron chi connectivity index (χ2n) is 4.05. The van der Waals surface area contributed by atoms with E-state index in [2.05, 4.69) is 10.6 Å². The van der Waals surface area contributed by atoms with E-state index in [9.17, 15) is 17.6 Å². The number of sulfonamides is 1. The second kappa shape index (κ2) is 6.20. The smallest absolute Gasteiger partial charge is 0.319 e. The van der Waals surface area contributed by atoms with Crippen LogP contribution in [0.25, 0.3) is 0 Å². The van der Waals surface area contributed by atoms with E-state index in [0.717, 1.165) is 11.3 Å². The Kier molecular flexibility index (Phi) is 4.56. The van der Waals surface area contributed by atoms with E-state index in [1.807, 2.05) is 0 Å². The van der Waals surface area contributed by atoms with E-state index in [-0.39, 0.29) is 16.4 Å². The molecule has 0 aliphatic rings. The van der Waals surface area contributed by atoms with Gasteiger partial charge in [-0.1, -0.05) is 12.1 Å². The van der Waals surface area contributed by atoms with Crippen LogP contribution >= 0.6 is 11.3 Å². The quantitative estimate of drug-likeness (QED) is 0.798. The number of para-hydroxylation sites is 1. The van der Waals surface area contributed by atoms with Crippen molar-refractivity contribution in [2.45, 2.75) is 10.8 Å². The van der Waals surface area contributed by atoms with Gasteiger partial charge < -0.3 is 10.6 Å². The molecule has 2 rings (SSSR count). The Bertz CT molecular complexity index is 759. The van der Waals surface area contributed by atoms with Crippen molar-refractivity contribution in [3.63, 3.8) is 0 Å². The van der Waals surface area contributed by atoms with Gasteiger partial charge in [-0.25, -0.2) is 22.7 Å². The third-order valence-corrected chi connectivity index (χ3v) is 4.99. The van der Waals surface area contributed by atoms with Crippen LogP contribution in [0.3, 0.4) is 0 Å². The molecule has 1 aromatic carbocycles. The highest BCUT2D eigenvalue weighted by molar-refractivity contribution is 7.91. The number of rotatable bonds is 4. The molecule has 9 heteroatoms. The van der Waals surface area contributed by atoms with Crippen LogP contribution in [0.4, 0.5) is 14.9 Å². The average Bonchev–Trinajstić information content (AvgIpc) is 2.88. The number of primary sulfonamides is 1. The molecule has 0 unspecified atom stereocenters. The zero-order valence-corrected chi connectivity index (χ0v) is 12.3. The molecule has 6 nitrogen and oxygen atoms in total. The summed E-state index contributed by atoms with van der Waals surface area (Å²) in [4.78, 5) is 12.2. The first-order valence-electron chi connectivity index (χ1n) is 5.77. The topological polar surface area (TPSA) is 101 Å². The molecule has 112 valence electrons. The first-order valence-corrected chi connectivity index (χ1v) is 8.13. The highest BCUT2D eigenvalue weighted by Gasteiger charge is 2.12. The Balaban J connectivity index is 1.93. The van der Waals surface area contributed by atoms with Crippen molar-refractivity contribution < 1.29 is 17.6 Å². The van der Waals surface area contributed by atoms with E-state index in [0.29, 0.717) is 4.88 Å². The number of benzene rings is 1. The van der Waals surface area contributed by atoms with Crippen molar-refractivity contribution in [1.29, 1.82) is 0 Å². The fraction of sp³-hybridized carbons (Fsp3) is 0.0833. The molecule has 0 saturated heterocycles. The molecule has 21 heavy (non-hydrogen) atoms. The summed E-state index contributed by atoms with van der Waals surface area (Å²) in [6.07, 6.45) is 0. The van der Waals surface area contributed by atoms with Crippen molar-refractivity contribution >= 4 is 33.1 Å². The number of carbonyl (C=O) groups is 1. The fourth-order valence-electron chi connectivity index (χ4n) is 1.50. The van der Waals surface area contributed by atoms with E-state index >= 15 is 0 Å². The van der Waals surface area contributed by atoms with Crippen LogP contribution in [-0.4, -0.2) is 14.4 Å². The van der Waals surface area contributed by atoms with Crippen LogP contribution < -0.4 is 15.8 Å². The molecule has 0 bridgehead atoms. The van der Waals surface area contributed by atoms with E-state index in [1.54, 1.807) is 12.1 Å². The van der Waals surface area contributed by atoms with Gasteiger partial charge in [-0.05, 0) is 24.3 Å². The Morgan fingerprint density at radius 3 is 2.57 bits per heavy atom. The average molecular weight is 329 g/mol. The maximum absolute atomic E-state index is 13.3. The second-order valence-corrected chi connectivity index (χ2v) is 7.01. The zero-order chi connectivity index (χ0) is 15.5. The Hall–Kier alpha value is -1.97. The van der Waals surface area contributed by atoms with Gasteiger partial charge >= 0.3 is 6.03 Å². The molecule has 2 aromatic rings. The number of carbonyl (C=O) groups excluding carboxylic acids is 1. The van der Waals surface area contributed by atoms with Crippen LogP contribution in [0.5, 0.6) is 0 Å². The summed E-state index contributed by atoms with van der Waals surface area (Å²) in [5.74, 6) is -0.541. The summed E-state index contributed by atoms with van der Waals surface area (Å²) in [5.41, 5.74) is 0.0615. The molecule has 0 radical (unpaired) electrons. The predicted molar refractivity (Wildman–Crippen MR) is 78.0 cm³/mol. The van der Waals surface area contributed by atoms with E-state index in [1.165, 1.54) is 24.3 Å². The molecule has 0 fully saturated rings. The third-order valence-electron chi connectivity index (χ3n) is 2.46. The number of amides is 2. The lowest BCUT2D eigenvalue weighted by molar-refractivity contribution is 0.251.